The molecule has 0 radical (unpaired) electrons. The summed E-state index contributed by atoms with van der Waals surface area (Å²) in [5, 5.41) is 1.76. The molecule has 1 heterocycles. The van der Waals surface area contributed by atoms with Crippen LogP contribution in [0.5, 0.6) is 0 Å². The summed E-state index contributed by atoms with van der Waals surface area (Å²) in [4.78, 5) is 25.2. The number of fused-ring (bicyclic) bond motifs is 1. The molecule has 120 valence electrons. The Morgan fingerprint density at radius 2 is 1.91 bits per heavy atom. The zero-order chi connectivity index (χ0) is 16.4. The maximum atomic E-state index is 13.1. The van der Waals surface area contributed by atoms with Gasteiger partial charge in [-0.3, -0.25) is 4.79 Å². The summed E-state index contributed by atoms with van der Waals surface area (Å²) in [5.41, 5.74) is 1.51. The number of ketones is 1. The molecule has 0 aliphatic heterocycles. The Balaban J connectivity index is 1.65. The van der Waals surface area contributed by atoms with E-state index in [9.17, 15) is 18.4 Å². The number of hydrogen-bond donors (Lipinski definition) is 0. The van der Waals surface area contributed by atoms with E-state index < -0.39 is 30.0 Å². The first-order valence-corrected chi connectivity index (χ1v) is 8.19. The number of ether oxygens (including phenoxy) is 1. The zero-order valence-corrected chi connectivity index (χ0v) is 13.1. The average molecular weight is 336 g/mol. The third kappa shape index (κ3) is 3.32. The van der Waals surface area contributed by atoms with Crippen molar-refractivity contribution in [1.29, 1.82) is 0 Å². The first kappa shape index (κ1) is 15.8. The van der Waals surface area contributed by atoms with Gasteiger partial charge in [-0.2, -0.15) is 0 Å². The van der Waals surface area contributed by atoms with Crippen LogP contribution in [0.4, 0.5) is 8.78 Å². The van der Waals surface area contributed by atoms with Crippen LogP contribution >= 0.6 is 11.3 Å². The minimum atomic E-state index is -1.10. The monoisotopic (exact) mass is 336 g/mol. The largest absolute Gasteiger partial charge is 0.454 e. The molecule has 0 saturated heterocycles. The Hall–Kier alpha value is -2.08. The van der Waals surface area contributed by atoms with Gasteiger partial charge in [0.05, 0.1) is 5.56 Å². The van der Waals surface area contributed by atoms with E-state index in [-0.39, 0.29) is 5.56 Å². The molecular formula is C17H14F2O3S. The molecule has 0 atom stereocenters. The average Bonchev–Trinajstić information content (AvgIpc) is 2.99. The highest BCUT2D eigenvalue weighted by Gasteiger charge is 2.22. The van der Waals surface area contributed by atoms with Crippen molar-refractivity contribution in [2.75, 3.05) is 6.61 Å². The van der Waals surface area contributed by atoms with E-state index in [0.717, 1.165) is 43.4 Å². The third-order valence-electron chi connectivity index (χ3n) is 3.86. The van der Waals surface area contributed by atoms with Crippen molar-refractivity contribution in [3.63, 3.8) is 0 Å². The highest BCUT2D eigenvalue weighted by Crippen LogP contribution is 2.30. The van der Waals surface area contributed by atoms with E-state index in [4.69, 9.17) is 4.74 Å². The summed E-state index contributed by atoms with van der Waals surface area (Å²) in [5.74, 6) is -3.24. The van der Waals surface area contributed by atoms with Crippen LogP contribution in [0, 0.1) is 11.6 Å². The minimum absolute atomic E-state index is 0.0240. The van der Waals surface area contributed by atoms with E-state index in [0.29, 0.717) is 5.56 Å². The molecule has 0 spiro atoms. The molecule has 0 bridgehead atoms. The number of aryl methyl sites for hydroxylation is 1. The molecule has 1 aromatic carbocycles. The molecule has 0 N–H and O–H groups in total. The molecule has 6 heteroatoms. The molecule has 0 saturated carbocycles. The lowest BCUT2D eigenvalue weighted by Gasteiger charge is -2.12. The van der Waals surface area contributed by atoms with E-state index in [2.05, 4.69) is 0 Å². The Kier molecular flexibility index (Phi) is 4.52. The van der Waals surface area contributed by atoms with Gasteiger partial charge in [-0.05, 0) is 49.4 Å². The molecule has 1 aliphatic carbocycles. The summed E-state index contributed by atoms with van der Waals surface area (Å²) < 4.78 is 31.0. The van der Waals surface area contributed by atoms with E-state index >= 15 is 0 Å². The number of hydrogen-bond acceptors (Lipinski definition) is 4. The van der Waals surface area contributed by atoms with Crippen LogP contribution < -0.4 is 0 Å². The highest BCUT2D eigenvalue weighted by atomic mass is 32.1. The fourth-order valence-corrected chi connectivity index (χ4v) is 3.74. The maximum absolute atomic E-state index is 13.1. The molecule has 0 amide bonds. The lowest BCUT2D eigenvalue weighted by atomic mass is 9.96. The highest BCUT2D eigenvalue weighted by molar-refractivity contribution is 7.10. The Morgan fingerprint density at radius 3 is 2.70 bits per heavy atom. The molecular weight excluding hydrogens is 322 g/mol. The fourth-order valence-electron chi connectivity index (χ4n) is 2.63. The second-order valence-electron chi connectivity index (χ2n) is 5.39. The number of rotatable bonds is 4. The molecule has 2 aromatic rings. The topological polar surface area (TPSA) is 43.4 Å². The van der Waals surface area contributed by atoms with Gasteiger partial charge >= 0.3 is 5.97 Å². The third-order valence-corrected chi connectivity index (χ3v) is 4.95. The van der Waals surface area contributed by atoms with Gasteiger partial charge in [0.2, 0.25) is 0 Å². The van der Waals surface area contributed by atoms with Gasteiger partial charge in [-0.25, -0.2) is 13.6 Å². The minimum Gasteiger partial charge on any atom is -0.454 e. The summed E-state index contributed by atoms with van der Waals surface area (Å²) in [7, 11) is 0. The van der Waals surface area contributed by atoms with Crippen LogP contribution in [0.15, 0.2) is 23.6 Å². The lowest BCUT2D eigenvalue weighted by molar-refractivity contribution is 0.0474. The van der Waals surface area contributed by atoms with Crippen molar-refractivity contribution in [2.45, 2.75) is 25.7 Å². The van der Waals surface area contributed by atoms with Gasteiger partial charge in [-0.15, -0.1) is 11.3 Å². The molecule has 3 rings (SSSR count). The van der Waals surface area contributed by atoms with Gasteiger partial charge in [-0.1, -0.05) is 0 Å². The first-order chi connectivity index (χ1) is 11.1. The van der Waals surface area contributed by atoms with Crippen LogP contribution in [0.1, 0.15) is 44.0 Å². The van der Waals surface area contributed by atoms with E-state index in [1.807, 2.05) is 0 Å². The normalized spacial score (nSPS) is 13.5. The van der Waals surface area contributed by atoms with Crippen LogP contribution in [-0.4, -0.2) is 18.4 Å². The SMILES string of the molecule is O=C(COC(=O)c1csc2c1CCCC2)c1ccc(F)c(F)c1. The number of esters is 1. The maximum Gasteiger partial charge on any atom is 0.339 e. The first-order valence-electron chi connectivity index (χ1n) is 7.31. The van der Waals surface area contributed by atoms with Gasteiger partial charge in [0, 0.05) is 15.8 Å². The number of thiophene rings is 1. The molecule has 0 fully saturated rings. The predicted octanol–water partition coefficient (Wildman–Crippen LogP) is 3.94. The Bertz CT molecular complexity index is 767. The lowest BCUT2D eigenvalue weighted by Crippen LogP contribution is -2.16. The van der Waals surface area contributed by atoms with Gasteiger partial charge < -0.3 is 4.74 Å². The van der Waals surface area contributed by atoms with Crippen LogP contribution in [0.2, 0.25) is 0 Å². The summed E-state index contributed by atoms with van der Waals surface area (Å²) in [6.45, 7) is -0.492. The number of carbonyl (C=O) groups excluding carboxylic acids is 2. The van der Waals surface area contributed by atoms with Crippen molar-refractivity contribution < 1.29 is 23.1 Å². The quantitative estimate of drug-likeness (QED) is 0.627. The van der Waals surface area contributed by atoms with Crippen LogP contribution in [0.25, 0.3) is 0 Å². The number of carbonyl (C=O) groups is 2. The second kappa shape index (κ2) is 6.58. The molecule has 23 heavy (non-hydrogen) atoms. The van der Waals surface area contributed by atoms with E-state index in [1.165, 1.54) is 22.3 Å². The number of halogens is 2. The van der Waals surface area contributed by atoms with Crippen LogP contribution in [0.3, 0.4) is 0 Å². The molecule has 1 aromatic heterocycles. The standard InChI is InChI=1S/C17H14F2O3S/c18-13-6-5-10(7-14(13)19)15(20)8-22-17(21)12-9-23-16-4-2-1-3-11(12)16/h5-7,9H,1-4,8H2. The number of Topliss-reactive ketones (excluding diaryl/α,β-unsaturated/α-hetero) is 1. The summed E-state index contributed by atoms with van der Waals surface area (Å²) in [6, 6.07) is 2.85. The molecule has 3 nitrogen and oxygen atoms in total. The molecule has 0 unspecified atom stereocenters. The van der Waals surface area contributed by atoms with Crippen LogP contribution in [-0.2, 0) is 17.6 Å². The van der Waals surface area contributed by atoms with Crippen molar-refractivity contribution in [3.05, 3.63) is 56.8 Å². The van der Waals surface area contributed by atoms with Crippen molar-refractivity contribution in [3.8, 4) is 0 Å². The van der Waals surface area contributed by atoms with Gasteiger partial charge in [0.25, 0.3) is 0 Å². The Labute approximate surface area is 135 Å². The Morgan fingerprint density at radius 1 is 1.13 bits per heavy atom. The van der Waals surface area contributed by atoms with Gasteiger partial charge in [0.15, 0.2) is 24.0 Å². The summed E-state index contributed by atoms with van der Waals surface area (Å²) in [6.07, 6.45) is 3.98. The van der Waals surface area contributed by atoms with Crippen molar-refractivity contribution in [1.82, 2.24) is 0 Å². The molecule has 1 aliphatic rings. The number of benzene rings is 1. The summed E-state index contributed by atoms with van der Waals surface area (Å²) >= 11 is 1.54. The van der Waals surface area contributed by atoms with E-state index in [1.54, 1.807) is 5.38 Å². The van der Waals surface area contributed by atoms with Crippen molar-refractivity contribution in [2.24, 2.45) is 0 Å². The second-order valence-corrected chi connectivity index (χ2v) is 6.35. The zero-order valence-electron chi connectivity index (χ0n) is 12.2. The fraction of sp³-hybridized carbons (Fsp3) is 0.294. The van der Waals surface area contributed by atoms with Crippen molar-refractivity contribution >= 4 is 23.1 Å². The van der Waals surface area contributed by atoms with Gasteiger partial charge in [0.1, 0.15) is 0 Å². The predicted molar refractivity (Wildman–Crippen MR) is 81.9 cm³/mol. The smallest absolute Gasteiger partial charge is 0.339 e.